The van der Waals surface area contributed by atoms with Gasteiger partial charge in [-0.15, -0.1) is 6.58 Å². The van der Waals surface area contributed by atoms with Crippen molar-refractivity contribution in [2.45, 2.75) is 62.9 Å². The number of aliphatic hydroxyl groups is 1. The van der Waals surface area contributed by atoms with Crippen molar-refractivity contribution >= 4 is 31.5 Å². The minimum absolute atomic E-state index is 0.0752. The van der Waals surface area contributed by atoms with Crippen LogP contribution in [0.1, 0.15) is 38.2 Å². The first-order chi connectivity index (χ1) is 15.2. The van der Waals surface area contributed by atoms with Gasteiger partial charge in [0.25, 0.3) is 5.91 Å². The summed E-state index contributed by atoms with van der Waals surface area (Å²) in [5.74, 6) is -0.345. The molecule has 32 heavy (non-hydrogen) atoms. The topological polar surface area (TPSA) is 90.3 Å². The van der Waals surface area contributed by atoms with E-state index in [1.54, 1.807) is 15.9 Å². The average molecular weight is 459 g/mol. The molecule has 0 aromatic heterocycles. The van der Waals surface area contributed by atoms with E-state index in [0.717, 1.165) is 29.8 Å². The first-order valence-corrected chi connectivity index (χ1v) is 14.6. The van der Waals surface area contributed by atoms with Crippen LogP contribution >= 0.6 is 0 Å². The summed E-state index contributed by atoms with van der Waals surface area (Å²) in [4.78, 5) is 41.1. The molecule has 4 atom stereocenters. The zero-order chi connectivity index (χ0) is 23.3. The highest BCUT2D eigenvalue weighted by Gasteiger charge is 2.66. The minimum Gasteiger partial charge on any atom is -0.432 e. The lowest BCUT2D eigenvalue weighted by molar-refractivity contribution is -0.146. The predicted octanol–water partition coefficient (Wildman–Crippen LogP) is 2.92. The van der Waals surface area contributed by atoms with Crippen molar-refractivity contribution < 1.29 is 24.2 Å². The molecule has 0 unspecified atom stereocenters. The summed E-state index contributed by atoms with van der Waals surface area (Å²) in [6.07, 6.45) is 4.02. The summed E-state index contributed by atoms with van der Waals surface area (Å²) in [7, 11) is -2.72. The molecule has 3 heterocycles. The Morgan fingerprint density at radius 3 is 2.69 bits per heavy atom. The minimum atomic E-state index is -2.72. The number of amides is 2. The first-order valence-electron chi connectivity index (χ1n) is 11.6. The predicted molar refractivity (Wildman–Crippen MR) is 126 cm³/mol. The van der Waals surface area contributed by atoms with E-state index in [4.69, 9.17) is 4.74 Å². The Morgan fingerprint density at radius 1 is 1.31 bits per heavy atom. The second-order valence-electron chi connectivity index (χ2n) is 9.78. The first kappa shape index (κ1) is 23.2. The maximum atomic E-state index is 13.9. The Balaban J connectivity index is 1.86. The molecule has 8 heteroatoms. The monoisotopic (exact) mass is 458 g/mol. The van der Waals surface area contributed by atoms with Crippen molar-refractivity contribution in [1.82, 2.24) is 0 Å². The van der Waals surface area contributed by atoms with Crippen LogP contribution in [-0.2, 0) is 19.9 Å². The number of rotatable bonds is 6. The van der Waals surface area contributed by atoms with Crippen LogP contribution < -0.4 is 9.80 Å². The number of nitrogens with zero attached hydrogens (tertiary/aromatic N) is 2. The SMILES string of the molecule is C=CCN1C(=O)[C@]2(O[C@H](CCO)[C@@H]([Si](C)(C)O)[C@@H]2C)c2cc(N3CCCCC3=O)ccc21. The Hall–Kier alpha value is -2.00. The van der Waals surface area contributed by atoms with Crippen molar-refractivity contribution in [2.75, 3.05) is 29.5 Å². The third-order valence-corrected chi connectivity index (χ3v) is 9.83. The lowest BCUT2D eigenvalue weighted by Gasteiger charge is -2.33. The van der Waals surface area contributed by atoms with E-state index in [9.17, 15) is 19.5 Å². The van der Waals surface area contributed by atoms with Crippen LogP contribution in [0.25, 0.3) is 0 Å². The van der Waals surface area contributed by atoms with E-state index in [0.29, 0.717) is 25.9 Å². The fraction of sp³-hybridized carbons (Fsp3) is 0.583. The summed E-state index contributed by atoms with van der Waals surface area (Å²) < 4.78 is 6.57. The molecule has 0 aliphatic carbocycles. The van der Waals surface area contributed by atoms with Gasteiger partial charge in [-0.05, 0) is 50.6 Å². The molecule has 1 aromatic rings. The fourth-order valence-electron chi connectivity index (χ4n) is 6.02. The van der Waals surface area contributed by atoms with E-state index >= 15 is 0 Å². The molecule has 1 spiro atoms. The van der Waals surface area contributed by atoms with E-state index in [1.165, 1.54) is 0 Å². The zero-order valence-electron chi connectivity index (χ0n) is 19.2. The highest BCUT2D eigenvalue weighted by molar-refractivity contribution is 6.71. The summed E-state index contributed by atoms with van der Waals surface area (Å²) in [6.45, 7) is 10.5. The smallest absolute Gasteiger partial charge is 0.264 e. The maximum Gasteiger partial charge on any atom is 0.264 e. The maximum absolute atomic E-state index is 13.9. The molecule has 0 radical (unpaired) electrons. The van der Waals surface area contributed by atoms with Gasteiger partial charge < -0.3 is 24.4 Å². The number of hydrogen-bond acceptors (Lipinski definition) is 5. The van der Waals surface area contributed by atoms with Crippen LogP contribution in [-0.4, -0.2) is 55.8 Å². The molecule has 0 bridgehead atoms. The standard InChI is InChI=1S/C24H34N2O5Si/c1-5-12-26-19-10-9-17(25-13-7-6-8-21(25)28)15-18(19)24(23(26)29)16(2)22(32(3,4)30)20(31-24)11-14-27/h5,9-10,15-16,20,22,27,30H,1,6-8,11-14H2,2-4H3/t16-,20+,22-,24+/m0/s1. The van der Waals surface area contributed by atoms with Crippen molar-refractivity contribution in [3.8, 4) is 0 Å². The zero-order valence-corrected chi connectivity index (χ0v) is 20.2. The van der Waals surface area contributed by atoms with Gasteiger partial charge in [0.15, 0.2) is 13.9 Å². The normalized spacial score (nSPS) is 30.3. The van der Waals surface area contributed by atoms with Crippen LogP contribution in [0.3, 0.4) is 0 Å². The Morgan fingerprint density at radius 2 is 2.06 bits per heavy atom. The van der Waals surface area contributed by atoms with Gasteiger partial charge in [-0.25, -0.2) is 0 Å². The molecule has 2 N–H and O–H groups in total. The molecule has 174 valence electrons. The summed E-state index contributed by atoms with van der Waals surface area (Å²) in [6, 6.07) is 5.73. The van der Waals surface area contributed by atoms with Gasteiger partial charge in [0, 0.05) is 48.8 Å². The number of fused-ring (bicyclic) bond motifs is 2. The van der Waals surface area contributed by atoms with E-state index < -0.39 is 20.0 Å². The van der Waals surface area contributed by atoms with Crippen LogP contribution in [0.2, 0.25) is 18.6 Å². The van der Waals surface area contributed by atoms with Crippen molar-refractivity contribution in [2.24, 2.45) is 5.92 Å². The third-order valence-electron chi connectivity index (χ3n) is 7.33. The lowest BCUT2D eigenvalue weighted by Crippen LogP contribution is -2.46. The molecule has 2 fully saturated rings. The van der Waals surface area contributed by atoms with Gasteiger partial charge in [0.2, 0.25) is 5.91 Å². The van der Waals surface area contributed by atoms with Gasteiger partial charge in [0.1, 0.15) is 0 Å². The summed E-state index contributed by atoms with van der Waals surface area (Å²) in [5, 5.41) is 9.67. The van der Waals surface area contributed by atoms with Crippen LogP contribution in [0, 0.1) is 5.92 Å². The Kier molecular flexibility index (Phi) is 6.09. The summed E-state index contributed by atoms with van der Waals surface area (Å²) >= 11 is 0. The van der Waals surface area contributed by atoms with Crippen LogP contribution in [0.15, 0.2) is 30.9 Å². The lowest BCUT2D eigenvalue weighted by atomic mass is 9.82. The number of aliphatic hydroxyl groups excluding tert-OH is 1. The highest BCUT2D eigenvalue weighted by atomic mass is 28.4. The number of anilines is 2. The molecule has 0 saturated carbocycles. The molecule has 3 aliphatic rings. The third kappa shape index (κ3) is 3.44. The van der Waals surface area contributed by atoms with E-state index in [-0.39, 0.29) is 29.9 Å². The number of ether oxygens (including phenoxy) is 1. The molecule has 2 amide bonds. The highest BCUT2D eigenvalue weighted by Crippen LogP contribution is 2.60. The molecule has 4 rings (SSSR count). The van der Waals surface area contributed by atoms with Crippen molar-refractivity contribution in [3.05, 3.63) is 36.4 Å². The Labute approximate surface area is 190 Å². The molecule has 7 nitrogen and oxygen atoms in total. The molecule has 3 aliphatic heterocycles. The largest absolute Gasteiger partial charge is 0.432 e. The molecule has 1 aromatic carbocycles. The molecule has 2 saturated heterocycles. The van der Waals surface area contributed by atoms with Crippen LogP contribution in [0.4, 0.5) is 11.4 Å². The number of carbonyl (C=O) groups excluding carboxylic acids is 2. The second kappa shape index (κ2) is 8.41. The van der Waals surface area contributed by atoms with E-state index in [1.807, 2.05) is 38.2 Å². The van der Waals surface area contributed by atoms with Gasteiger partial charge in [0.05, 0.1) is 11.8 Å². The Bertz CT molecular complexity index is 929. The van der Waals surface area contributed by atoms with Gasteiger partial charge in [-0.2, -0.15) is 0 Å². The summed E-state index contributed by atoms with van der Waals surface area (Å²) in [5.41, 5.74) is 0.826. The number of hydrogen-bond donors (Lipinski definition) is 2. The van der Waals surface area contributed by atoms with E-state index in [2.05, 4.69) is 6.58 Å². The van der Waals surface area contributed by atoms with Crippen LogP contribution in [0.5, 0.6) is 0 Å². The quantitative estimate of drug-likeness (QED) is 0.505. The van der Waals surface area contributed by atoms with Gasteiger partial charge >= 0.3 is 0 Å². The van der Waals surface area contributed by atoms with Crippen molar-refractivity contribution in [3.63, 3.8) is 0 Å². The number of benzene rings is 1. The van der Waals surface area contributed by atoms with Gasteiger partial charge in [-0.1, -0.05) is 13.0 Å². The van der Waals surface area contributed by atoms with Gasteiger partial charge in [-0.3, -0.25) is 9.59 Å². The average Bonchev–Trinajstić information content (AvgIpc) is 3.16. The number of carbonyl (C=O) groups is 2. The fourth-order valence-corrected chi connectivity index (χ4v) is 8.62. The molecular formula is C24H34N2O5Si. The van der Waals surface area contributed by atoms with Crippen molar-refractivity contribution in [1.29, 1.82) is 0 Å². The number of piperidine rings is 1. The molecular weight excluding hydrogens is 424 g/mol. The second-order valence-corrected chi connectivity index (χ2v) is 13.8.